The molecule has 0 spiro atoms. The topological polar surface area (TPSA) is 78.7 Å². The molecule has 0 radical (unpaired) electrons. The Morgan fingerprint density at radius 2 is 2.05 bits per heavy atom. The molecule has 0 saturated heterocycles. The van der Waals surface area contributed by atoms with Gasteiger partial charge < -0.3 is 5.73 Å². The summed E-state index contributed by atoms with van der Waals surface area (Å²) in [7, 11) is 0. The Kier molecular flexibility index (Phi) is 2.70. The lowest BCUT2D eigenvalue weighted by molar-refractivity contribution is 0.0566. The quantitative estimate of drug-likeness (QED) is 0.791. The minimum Gasteiger partial charge on any atom is -0.364 e. The largest absolute Gasteiger partial charge is 0.364 e. The van der Waals surface area contributed by atoms with Gasteiger partial charge in [0.1, 0.15) is 5.69 Å². The predicted octanol–water partition coefficient (Wildman–Crippen LogP) is 1.72. The number of halogens is 2. The van der Waals surface area contributed by atoms with Gasteiger partial charge in [0.15, 0.2) is 5.69 Å². The van der Waals surface area contributed by atoms with Gasteiger partial charge in [-0.3, -0.25) is 4.79 Å². The number of hydrogen-bond acceptors (Lipinski definition) is 3. The zero-order valence-corrected chi connectivity index (χ0v) is 10.1. The highest BCUT2D eigenvalue weighted by molar-refractivity contribution is 6.04. The minimum atomic E-state index is -2.74. The fourth-order valence-electron chi connectivity index (χ4n) is 1.99. The number of aromatic nitrogens is 4. The van der Waals surface area contributed by atoms with Crippen LogP contribution in [-0.4, -0.2) is 25.5 Å². The van der Waals surface area contributed by atoms with Crippen LogP contribution in [0.1, 0.15) is 17.0 Å². The van der Waals surface area contributed by atoms with E-state index in [-0.39, 0.29) is 5.69 Å². The third-order valence-electron chi connectivity index (χ3n) is 2.85. The summed E-state index contributed by atoms with van der Waals surface area (Å²) in [5.74, 6) is -0.679. The number of hydrogen-bond donors (Lipinski definition) is 1. The second kappa shape index (κ2) is 4.41. The number of amides is 1. The summed E-state index contributed by atoms with van der Waals surface area (Å²) in [5, 5.41) is 8.18. The monoisotopic (exact) mass is 277 g/mol. The predicted molar refractivity (Wildman–Crippen MR) is 66.6 cm³/mol. The molecule has 0 aliphatic heterocycles. The highest BCUT2D eigenvalue weighted by Crippen LogP contribution is 2.22. The van der Waals surface area contributed by atoms with Crippen molar-refractivity contribution in [3.05, 3.63) is 42.4 Å². The molecule has 0 fully saturated rings. The van der Waals surface area contributed by atoms with Gasteiger partial charge in [0.25, 0.3) is 5.91 Å². The molecule has 0 bridgehead atoms. The van der Waals surface area contributed by atoms with E-state index in [0.29, 0.717) is 21.3 Å². The van der Waals surface area contributed by atoms with Crippen molar-refractivity contribution in [2.24, 2.45) is 5.73 Å². The first kappa shape index (κ1) is 12.3. The molecule has 1 aromatic carbocycles. The summed E-state index contributed by atoms with van der Waals surface area (Å²) in [6, 6.07) is 6.90. The van der Waals surface area contributed by atoms with Crippen molar-refractivity contribution in [1.82, 2.24) is 19.6 Å². The van der Waals surface area contributed by atoms with Crippen LogP contribution >= 0.6 is 0 Å². The minimum absolute atomic E-state index is 0.0883. The molecule has 2 heterocycles. The SMILES string of the molecule is NC(=O)c1nn(-c2cnn(C(F)F)c2)c2ccccc12. The highest BCUT2D eigenvalue weighted by Gasteiger charge is 2.17. The number of carbonyl (C=O) groups excluding carboxylic acids is 1. The van der Waals surface area contributed by atoms with E-state index in [1.165, 1.54) is 10.9 Å². The molecule has 0 aliphatic carbocycles. The van der Waals surface area contributed by atoms with Crippen LogP contribution in [0.2, 0.25) is 0 Å². The Morgan fingerprint density at radius 3 is 2.70 bits per heavy atom. The number of benzene rings is 1. The Labute approximate surface area is 111 Å². The highest BCUT2D eigenvalue weighted by atomic mass is 19.3. The molecule has 0 atom stereocenters. The van der Waals surface area contributed by atoms with Crippen LogP contribution in [-0.2, 0) is 0 Å². The smallest absolute Gasteiger partial charge is 0.333 e. The number of para-hydroxylation sites is 1. The molecule has 102 valence electrons. The molecule has 0 aliphatic rings. The molecule has 0 saturated carbocycles. The van der Waals surface area contributed by atoms with Gasteiger partial charge in [-0.05, 0) is 6.07 Å². The maximum Gasteiger partial charge on any atom is 0.333 e. The number of carbonyl (C=O) groups is 1. The second-order valence-corrected chi connectivity index (χ2v) is 4.10. The van der Waals surface area contributed by atoms with Crippen molar-refractivity contribution in [3.8, 4) is 5.69 Å². The number of rotatable bonds is 3. The van der Waals surface area contributed by atoms with Gasteiger partial charge in [-0.1, -0.05) is 18.2 Å². The summed E-state index contributed by atoms with van der Waals surface area (Å²) >= 11 is 0. The Hall–Kier alpha value is -2.77. The second-order valence-electron chi connectivity index (χ2n) is 4.10. The zero-order valence-electron chi connectivity index (χ0n) is 10.1. The number of fused-ring (bicyclic) bond motifs is 1. The molecule has 1 amide bonds. The van der Waals surface area contributed by atoms with E-state index in [2.05, 4.69) is 10.2 Å². The van der Waals surface area contributed by atoms with Crippen LogP contribution in [0, 0.1) is 0 Å². The van der Waals surface area contributed by atoms with Gasteiger partial charge >= 0.3 is 6.55 Å². The average Bonchev–Trinajstić information content (AvgIpc) is 3.02. The fraction of sp³-hybridized carbons (Fsp3) is 0.0833. The molecule has 2 aromatic heterocycles. The number of primary amides is 1. The molecular weight excluding hydrogens is 268 g/mol. The standard InChI is InChI=1S/C12H9F2N5O/c13-12(14)18-6-7(5-16-18)19-9-4-2-1-3-8(9)10(17-19)11(15)20/h1-6,12H,(H2,15,20). The van der Waals surface area contributed by atoms with Crippen LogP contribution < -0.4 is 5.73 Å². The van der Waals surface area contributed by atoms with Gasteiger partial charge in [-0.2, -0.15) is 19.0 Å². The van der Waals surface area contributed by atoms with Crippen LogP contribution in [0.15, 0.2) is 36.7 Å². The normalized spacial score (nSPS) is 11.3. The van der Waals surface area contributed by atoms with Crippen molar-refractivity contribution in [1.29, 1.82) is 0 Å². The van der Waals surface area contributed by atoms with Crippen molar-refractivity contribution in [2.75, 3.05) is 0 Å². The molecular formula is C12H9F2N5O. The van der Waals surface area contributed by atoms with E-state index in [9.17, 15) is 13.6 Å². The number of alkyl halides is 2. The lowest BCUT2D eigenvalue weighted by Crippen LogP contribution is -2.12. The third kappa shape index (κ3) is 1.81. The summed E-state index contributed by atoms with van der Waals surface area (Å²) in [6.07, 6.45) is 2.39. The maximum atomic E-state index is 12.5. The zero-order chi connectivity index (χ0) is 14.3. The first-order valence-electron chi connectivity index (χ1n) is 5.68. The average molecular weight is 277 g/mol. The van der Waals surface area contributed by atoms with E-state index in [4.69, 9.17) is 5.73 Å². The summed E-state index contributed by atoms with van der Waals surface area (Å²) in [6.45, 7) is -2.74. The van der Waals surface area contributed by atoms with Gasteiger partial charge in [0.05, 0.1) is 17.9 Å². The van der Waals surface area contributed by atoms with Crippen LogP contribution in [0.5, 0.6) is 0 Å². The van der Waals surface area contributed by atoms with Crippen LogP contribution in [0.25, 0.3) is 16.6 Å². The Bertz CT molecular complexity index is 792. The fourth-order valence-corrected chi connectivity index (χ4v) is 1.99. The van der Waals surface area contributed by atoms with Crippen molar-refractivity contribution >= 4 is 16.8 Å². The van der Waals surface area contributed by atoms with Crippen molar-refractivity contribution in [3.63, 3.8) is 0 Å². The Morgan fingerprint density at radius 1 is 1.30 bits per heavy atom. The van der Waals surface area contributed by atoms with Crippen molar-refractivity contribution in [2.45, 2.75) is 6.55 Å². The molecule has 20 heavy (non-hydrogen) atoms. The van der Waals surface area contributed by atoms with Crippen LogP contribution in [0.3, 0.4) is 0 Å². The summed E-state index contributed by atoms with van der Waals surface area (Å²) in [5.41, 5.74) is 6.28. The molecule has 3 aromatic rings. The van der Waals surface area contributed by atoms with Gasteiger partial charge in [-0.15, -0.1) is 0 Å². The Balaban J connectivity index is 2.22. The van der Waals surface area contributed by atoms with E-state index < -0.39 is 12.5 Å². The number of nitrogens with two attached hydrogens (primary N) is 1. The third-order valence-corrected chi connectivity index (χ3v) is 2.85. The van der Waals surface area contributed by atoms with E-state index in [1.54, 1.807) is 24.3 Å². The molecule has 2 N–H and O–H groups in total. The van der Waals surface area contributed by atoms with Gasteiger partial charge in [0.2, 0.25) is 0 Å². The van der Waals surface area contributed by atoms with E-state index >= 15 is 0 Å². The van der Waals surface area contributed by atoms with Crippen LogP contribution in [0.4, 0.5) is 8.78 Å². The lowest BCUT2D eigenvalue weighted by Gasteiger charge is -1.99. The molecule has 8 heteroatoms. The summed E-state index contributed by atoms with van der Waals surface area (Å²) < 4.78 is 27.0. The first-order chi connectivity index (χ1) is 9.58. The first-order valence-corrected chi connectivity index (χ1v) is 5.68. The maximum absolute atomic E-state index is 12.5. The molecule has 0 unspecified atom stereocenters. The van der Waals surface area contributed by atoms with E-state index in [0.717, 1.165) is 6.20 Å². The molecule has 6 nitrogen and oxygen atoms in total. The summed E-state index contributed by atoms with van der Waals surface area (Å²) in [4.78, 5) is 11.4. The van der Waals surface area contributed by atoms with Crippen molar-refractivity contribution < 1.29 is 13.6 Å². The lowest BCUT2D eigenvalue weighted by atomic mass is 10.2. The van der Waals surface area contributed by atoms with Gasteiger partial charge in [-0.25, -0.2) is 9.36 Å². The van der Waals surface area contributed by atoms with E-state index in [1.807, 2.05) is 0 Å². The van der Waals surface area contributed by atoms with Gasteiger partial charge in [0, 0.05) is 5.39 Å². The molecule has 3 rings (SSSR count). The number of nitrogens with zero attached hydrogens (tertiary/aromatic N) is 4.